The monoisotopic (exact) mass is 273 g/mol. The van der Waals surface area contributed by atoms with Gasteiger partial charge in [-0.15, -0.1) is 0 Å². The van der Waals surface area contributed by atoms with Crippen LogP contribution in [0.4, 0.5) is 10.1 Å². The number of anilines is 1. The fraction of sp³-hybridized carbons (Fsp3) is 0.167. The van der Waals surface area contributed by atoms with Gasteiger partial charge < -0.3 is 9.73 Å². The van der Waals surface area contributed by atoms with Crippen LogP contribution in [0.15, 0.2) is 34.9 Å². The molecular formula is C12H10Cl2FNO. The van der Waals surface area contributed by atoms with Crippen molar-refractivity contribution in [3.8, 4) is 0 Å². The Labute approximate surface area is 108 Å². The van der Waals surface area contributed by atoms with E-state index in [2.05, 4.69) is 5.32 Å². The minimum absolute atomic E-state index is 0.00774. The summed E-state index contributed by atoms with van der Waals surface area (Å²) >= 11 is 11.4. The second kappa shape index (κ2) is 4.98. The van der Waals surface area contributed by atoms with E-state index >= 15 is 0 Å². The summed E-state index contributed by atoms with van der Waals surface area (Å²) in [4.78, 5) is 0. The first-order valence-electron chi connectivity index (χ1n) is 5.02. The molecule has 17 heavy (non-hydrogen) atoms. The molecule has 0 saturated carbocycles. The second-order valence-electron chi connectivity index (χ2n) is 3.64. The van der Waals surface area contributed by atoms with E-state index in [0.29, 0.717) is 5.69 Å². The summed E-state index contributed by atoms with van der Waals surface area (Å²) in [6, 6.07) is 6.58. The van der Waals surface area contributed by atoms with Gasteiger partial charge in [0.2, 0.25) is 0 Å². The summed E-state index contributed by atoms with van der Waals surface area (Å²) in [5, 5.41) is 3.11. The summed E-state index contributed by atoms with van der Waals surface area (Å²) in [5.41, 5.74) is 0.644. The normalized spacial score (nSPS) is 12.5. The largest absolute Gasteiger partial charge is 0.467 e. The number of rotatable bonds is 3. The van der Waals surface area contributed by atoms with Crippen LogP contribution in [0.5, 0.6) is 0 Å². The topological polar surface area (TPSA) is 25.2 Å². The highest BCUT2D eigenvalue weighted by Crippen LogP contribution is 2.29. The summed E-state index contributed by atoms with van der Waals surface area (Å²) in [5.74, 6) is 0.172. The molecule has 0 amide bonds. The number of halogens is 3. The van der Waals surface area contributed by atoms with Crippen LogP contribution in [0.1, 0.15) is 18.7 Å². The van der Waals surface area contributed by atoms with Crippen LogP contribution in [0.25, 0.3) is 0 Å². The lowest BCUT2D eigenvalue weighted by Crippen LogP contribution is -2.05. The van der Waals surface area contributed by atoms with Crippen molar-refractivity contribution in [3.63, 3.8) is 0 Å². The van der Waals surface area contributed by atoms with Crippen molar-refractivity contribution in [1.82, 2.24) is 0 Å². The lowest BCUT2D eigenvalue weighted by atomic mass is 10.2. The van der Waals surface area contributed by atoms with Gasteiger partial charge in [0.25, 0.3) is 0 Å². The van der Waals surface area contributed by atoms with E-state index in [4.69, 9.17) is 27.6 Å². The van der Waals surface area contributed by atoms with Crippen molar-refractivity contribution in [2.24, 2.45) is 0 Å². The predicted octanol–water partition coefficient (Wildman–Crippen LogP) is 4.90. The highest BCUT2D eigenvalue weighted by molar-refractivity contribution is 6.35. The average molecular weight is 274 g/mol. The Balaban J connectivity index is 2.19. The zero-order valence-electron chi connectivity index (χ0n) is 9.01. The number of furan rings is 1. The van der Waals surface area contributed by atoms with Gasteiger partial charge in [-0.1, -0.05) is 23.2 Å². The Hall–Kier alpha value is -1.19. The molecule has 0 bridgehead atoms. The van der Waals surface area contributed by atoms with Gasteiger partial charge in [0.05, 0.1) is 22.4 Å². The molecule has 5 heteroatoms. The van der Waals surface area contributed by atoms with E-state index < -0.39 is 5.82 Å². The third-order valence-electron chi connectivity index (χ3n) is 2.34. The van der Waals surface area contributed by atoms with Crippen LogP contribution in [0.2, 0.25) is 10.0 Å². The van der Waals surface area contributed by atoms with Gasteiger partial charge in [-0.2, -0.15) is 0 Å². The molecule has 2 aromatic rings. The third kappa shape index (κ3) is 2.73. The Morgan fingerprint density at radius 2 is 1.94 bits per heavy atom. The maximum atomic E-state index is 13.2. The van der Waals surface area contributed by atoms with Gasteiger partial charge in [0.15, 0.2) is 5.82 Å². The lowest BCUT2D eigenvalue weighted by molar-refractivity contribution is 0.490. The number of hydrogen-bond acceptors (Lipinski definition) is 2. The molecule has 0 aliphatic rings. The van der Waals surface area contributed by atoms with Gasteiger partial charge >= 0.3 is 0 Å². The van der Waals surface area contributed by atoms with Crippen LogP contribution in [0, 0.1) is 5.82 Å². The molecule has 0 spiro atoms. The summed E-state index contributed by atoms with van der Waals surface area (Å²) in [6.07, 6.45) is 1.60. The van der Waals surface area contributed by atoms with Crippen molar-refractivity contribution < 1.29 is 8.81 Å². The van der Waals surface area contributed by atoms with Crippen molar-refractivity contribution in [1.29, 1.82) is 0 Å². The first-order chi connectivity index (χ1) is 8.08. The van der Waals surface area contributed by atoms with Gasteiger partial charge in [0.1, 0.15) is 5.76 Å². The zero-order valence-corrected chi connectivity index (χ0v) is 10.5. The molecule has 0 radical (unpaired) electrons. The van der Waals surface area contributed by atoms with E-state index in [0.717, 1.165) is 5.76 Å². The molecule has 1 atom stereocenters. The number of hydrogen-bond donors (Lipinski definition) is 1. The molecule has 0 aliphatic heterocycles. The van der Waals surface area contributed by atoms with Gasteiger partial charge in [0, 0.05) is 5.69 Å². The van der Waals surface area contributed by atoms with Crippen LogP contribution < -0.4 is 5.32 Å². The van der Waals surface area contributed by atoms with E-state index in [1.165, 1.54) is 12.1 Å². The quantitative estimate of drug-likeness (QED) is 0.805. The summed E-state index contributed by atoms with van der Waals surface area (Å²) in [7, 11) is 0. The van der Waals surface area contributed by atoms with E-state index in [1.807, 2.05) is 13.0 Å². The molecule has 1 N–H and O–H groups in total. The van der Waals surface area contributed by atoms with Crippen molar-refractivity contribution in [3.05, 3.63) is 52.2 Å². The van der Waals surface area contributed by atoms with Crippen LogP contribution in [-0.2, 0) is 0 Å². The summed E-state index contributed by atoms with van der Waals surface area (Å²) < 4.78 is 18.5. The standard InChI is InChI=1S/C12H10Cl2FNO/c1-7(11-3-2-4-17-11)16-8-5-9(13)12(15)10(14)6-8/h2-7,16H,1H3. The fourth-order valence-corrected chi connectivity index (χ4v) is 1.98. The van der Waals surface area contributed by atoms with Crippen LogP contribution in [0.3, 0.4) is 0 Å². The Kier molecular flexibility index (Phi) is 3.60. The molecule has 90 valence electrons. The Morgan fingerprint density at radius 3 is 2.47 bits per heavy atom. The van der Waals surface area contributed by atoms with E-state index in [-0.39, 0.29) is 16.1 Å². The molecule has 0 saturated heterocycles. The molecule has 1 unspecified atom stereocenters. The second-order valence-corrected chi connectivity index (χ2v) is 4.45. The molecule has 0 aliphatic carbocycles. The SMILES string of the molecule is CC(Nc1cc(Cl)c(F)c(Cl)c1)c1ccco1. The number of benzene rings is 1. The van der Waals surface area contributed by atoms with E-state index in [1.54, 1.807) is 12.3 Å². The van der Waals surface area contributed by atoms with Crippen molar-refractivity contribution in [2.45, 2.75) is 13.0 Å². The molecule has 2 rings (SSSR count). The average Bonchev–Trinajstić information content (AvgIpc) is 2.79. The zero-order chi connectivity index (χ0) is 12.4. The first-order valence-corrected chi connectivity index (χ1v) is 5.78. The first kappa shape index (κ1) is 12.3. The highest BCUT2D eigenvalue weighted by atomic mass is 35.5. The molecule has 1 heterocycles. The van der Waals surface area contributed by atoms with Crippen LogP contribution in [-0.4, -0.2) is 0 Å². The van der Waals surface area contributed by atoms with Gasteiger partial charge in [-0.3, -0.25) is 0 Å². The Bertz CT molecular complexity index is 490. The smallest absolute Gasteiger partial charge is 0.160 e. The van der Waals surface area contributed by atoms with Crippen molar-refractivity contribution in [2.75, 3.05) is 5.32 Å². The van der Waals surface area contributed by atoms with E-state index in [9.17, 15) is 4.39 Å². The minimum atomic E-state index is -0.607. The molecule has 2 nitrogen and oxygen atoms in total. The minimum Gasteiger partial charge on any atom is -0.467 e. The van der Waals surface area contributed by atoms with Gasteiger partial charge in [-0.05, 0) is 31.2 Å². The number of nitrogens with one attached hydrogen (secondary N) is 1. The van der Waals surface area contributed by atoms with Crippen molar-refractivity contribution >= 4 is 28.9 Å². The predicted molar refractivity (Wildman–Crippen MR) is 67.2 cm³/mol. The maximum absolute atomic E-state index is 13.2. The maximum Gasteiger partial charge on any atom is 0.160 e. The molecule has 0 fully saturated rings. The highest BCUT2D eigenvalue weighted by Gasteiger charge is 2.11. The molecule has 1 aromatic carbocycles. The third-order valence-corrected chi connectivity index (χ3v) is 2.89. The molecule has 1 aromatic heterocycles. The Morgan fingerprint density at radius 1 is 1.29 bits per heavy atom. The molecular weight excluding hydrogens is 264 g/mol. The van der Waals surface area contributed by atoms with Gasteiger partial charge in [-0.25, -0.2) is 4.39 Å². The summed E-state index contributed by atoms with van der Waals surface area (Å²) in [6.45, 7) is 1.92. The lowest BCUT2D eigenvalue weighted by Gasteiger charge is -2.13. The van der Waals surface area contributed by atoms with Crippen LogP contribution >= 0.6 is 23.2 Å². The fourth-order valence-electron chi connectivity index (χ4n) is 1.50.